The number of methoxy groups -OCH3 is 1. The van der Waals surface area contributed by atoms with E-state index in [1.54, 1.807) is 47.4 Å². The Morgan fingerprint density at radius 1 is 1.00 bits per heavy atom. The highest BCUT2D eigenvalue weighted by molar-refractivity contribution is 6.01. The van der Waals surface area contributed by atoms with E-state index in [0.717, 1.165) is 35.2 Å². The highest BCUT2D eigenvalue weighted by Gasteiger charge is 2.38. The van der Waals surface area contributed by atoms with Gasteiger partial charge in [-0.1, -0.05) is 18.2 Å². The number of aromatic nitrogens is 2. The number of imidazole rings is 1. The summed E-state index contributed by atoms with van der Waals surface area (Å²) in [6.45, 7) is 9.13. The van der Waals surface area contributed by atoms with Gasteiger partial charge >= 0.3 is 11.8 Å². The number of aryl methyl sites for hydroxylation is 2. The molecular formula is C33H43N5O6. The fourth-order valence-electron chi connectivity index (χ4n) is 6.36. The molecule has 0 N–H and O–H groups in total. The number of fused-ring (bicyclic) bond motifs is 1. The van der Waals surface area contributed by atoms with Gasteiger partial charge < -0.3 is 19.3 Å². The second kappa shape index (κ2) is 12.0. The summed E-state index contributed by atoms with van der Waals surface area (Å²) in [4.78, 5) is 58.4. The number of carbonyl (C=O) groups is 3. The molecule has 3 aromatic rings. The molecule has 5 rings (SSSR count). The van der Waals surface area contributed by atoms with Crippen LogP contribution >= 0.6 is 0 Å². The first-order chi connectivity index (χ1) is 20.8. The van der Waals surface area contributed by atoms with Gasteiger partial charge in [-0.05, 0) is 76.3 Å². The van der Waals surface area contributed by atoms with Gasteiger partial charge in [-0.25, -0.2) is 9.59 Å². The minimum absolute atomic E-state index is 0.0445. The lowest BCUT2D eigenvalue weighted by molar-refractivity contribution is -0.151. The van der Waals surface area contributed by atoms with Crippen LogP contribution in [0.1, 0.15) is 63.6 Å². The number of imide groups is 1. The average molecular weight is 606 g/mol. The standard InChI is InChI=1S/C33H43N5O6/c1-21-8-13-25-29(28(21)36-18-16-23(17-19-36)34(5)32(42)44-33(2,3)4)35(6)31(41)38(25)26-14-15-27(39)37(30(26)40)20-22-9-11-24(43-7)12-10-22/h8-13,23,26H,14-20H2,1-7H3. The lowest BCUT2D eigenvalue weighted by Crippen LogP contribution is -2.47. The Morgan fingerprint density at radius 3 is 2.27 bits per heavy atom. The zero-order chi connectivity index (χ0) is 31.9. The van der Waals surface area contributed by atoms with Crippen LogP contribution < -0.4 is 15.3 Å². The largest absolute Gasteiger partial charge is 0.497 e. The van der Waals surface area contributed by atoms with Gasteiger partial charge in [0.1, 0.15) is 17.4 Å². The molecule has 3 heterocycles. The van der Waals surface area contributed by atoms with Crippen molar-refractivity contribution in [3.63, 3.8) is 0 Å². The maximum absolute atomic E-state index is 13.8. The van der Waals surface area contributed by atoms with Crippen molar-refractivity contribution in [3.05, 3.63) is 58.0 Å². The van der Waals surface area contributed by atoms with E-state index in [1.165, 1.54) is 4.90 Å². The van der Waals surface area contributed by atoms with Crippen LogP contribution in [0.4, 0.5) is 10.5 Å². The summed E-state index contributed by atoms with van der Waals surface area (Å²) in [7, 11) is 5.11. The molecule has 2 aromatic carbocycles. The van der Waals surface area contributed by atoms with Gasteiger partial charge in [0, 0.05) is 39.6 Å². The molecule has 11 heteroatoms. The maximum atomic E-state index is 13.8. The van der Waals surface area contributed by atoms with Crippen molar-refractivity contribution in [2.45, 2.75) is 77.6 Å². The molecule has 0 saturated carbocycles. The first-order valence-corrected chi connectivity index (χ1v) is 15.2. The van der Waals surface area contributed by atoms with E-state index >= 15 is 0 Å². The zero-order valence-electron chi connectivity index (χ0n) is 26.8. The highest BCUT2D eigenvalue weighted by Crippen LogP contribution is 2.35. The quantitative estimate of drug-likeness (QED) is 0.384. The highest BCUT2D eigenvalue weighted by atomic mass is 16.6. The number of hydrogen-bond acceptors (Lipinski definition) is 7. The van der Waals surface area contributed by atoms with Gasteiger partial charge in [0.25, 0.3) is 5.91 Å². The lowest BCUT2D eigenvalue weighted by Gasteiger charge is -2.39. The third-order valence-electron chi connectivity index (χ3n) is 8.72. The first-order valence-electron chi connectivity index (χ1n) is 15.2. The van der Waals surface area contributed by atoms with Crippen molar-refractivity contribution in [1.82, 2.24) is 18.9 Å². The molecule has 0 spiro atoms. The maximum Gasteiger partial charge on any atom is 0.410 e. The fourth-order valence-corrected chi connectivity index (χ4v) is 6.36. The predicted molar refractivity (Wildman–Crippen MR) is 168 cm³/mol. The Labute approximate surface area is 257 Å². The second-order valence-electron chi connectivity index (χ2n) is 12.8. The second-order valence-corrected chi connectivity index (χ2v) is 12.8. The number of amides is 3. The minimum atomic E-state index is -0.786. The van der Waals surface area contributed by atoms with Gasteiger partial charge in [-0.15, -0.1) is 0 Å². The molecule has 2 saturated heterocycles. The number of nitrogens with zero attached hydrogens (tertiary/aromatic N) is 5. The van der Waals surface area contributed by atoms with Crippen molar-refractivity contribution < 1.29 is 23.9 Å². The summed E-state index contributed by atoms with van der Waals surface area (Å²) in [6.07, 6.45) is 1.62. The van der Waals surface area contributed by atoms with E-state index in [-0.39, 0.29) is 49.0 Å². The Balaban J connectivity index is 1.41. The summed E-state index contributed by atoms with van der Waals surface area (Å²) in [6, 6.07) is 10.4. The van der Waals surface area contributed by atoms with Gasteiger partial charge in [0.15, 0.2) is 0 Å². The third kappa shape index (κ3) is 5.92. The number of benzene rings is 2. The molecule has 11 nitrogen and oxygen atoms in total. The Hall–Kier alpha value is -4.28. The van der Waals surface area contributed by atoms with Crippen LogP contribution in [0.25, 0.3) is 11.0 Å². The Morgan fingerprint density at radius 2 is 1.66 bits per heavy atom. The number of rotatable bonds is 6. The monoisotopic (exact) mass is 605 g/mol. The van der Waals surface area contributed by atoms with E-state index in [1.807, 2.05) is 52.0 Å². The molecule has 236 valence electrons. The van der Waals surface area contributed by atoms with Gasteiger partial charge in [0.2, 0.25) is 5.91 Å². The van der Waals surface area contributed by atoms with Crippen LogP contribution in [-0.2, 0) is 27.9 Å². The van der Waals surface area contributed by atoms with Crippen LogP contribution in [0.15, 0.2) is 41.2 Å². The van der Waals surface area contributed by atoms with Crippen molar-refractivity contribution in [2.75, 3.05) is 32.1 Å². The third-order valence-corrected chi connectivity index (χ3v) is 8.72. The molecule has 1 unspecified atom stereocenters. The SMILES string of the molecule is COc1ccc(CN2C(=O)CCC(n3c(=O)n(C)c4c(N5CCC(N(C)C(=O)OC(C)(C)C)CC5)c(C)ccc43)C2=O)cc1. The van der Waals surface area contributed by atoms with Crippen LogP contribution in [-0.4, -0.2) is 75.7 Å². The summed E-state index contributed by atoms with van der Waals surface area (Å²) < 4.78 is 14.0. The number of hydrogen-bond donors (Lipinski definition) is 0. The molecule has 44 heavy (non-hydrogen) atoms. The minimum Gasteiger partial charge on any atom is -0.497 e. The molecule has 2 fully saturated rings. The molecule has 0 radical (unpaired) electrons. The lowest BCUT2D eigenvalue weighted by atomic mass is 10.0. The number of ether oxygens (including phenoxy) is 2. The molecule has 0 bridgehead atoms. The fraction of sp³-hybridized carbons (Fsp3) is 0.515. The molecule has 2 aliphatic rings. The number of anilines is 1. The first kappa shape index (κ1) is 31.2. The summed E-state index contributed by atoms with van der Waals surface area (Å²) >= 11 is 0. The summed E-state index contributed by atoms with van der Waals surface area (Å²) in [5.74, 6) is 0.0708. The van der Waals surface area contributed by atoms with Crippen LogP contribution in [0.5, 0.6) is 5.75 Å². The number of piperidine rings is 2. The van der Waals surface area contributed by atoms with Crippen molar-refractivity contribution in [2.24, 2.45) is 7.05 Å². The van der Waals surface area contributed by atoms with Crippen LogP contribution in [0, 0.1) is 6.92 Å². The predicted octanol–water partition coefficient (Wildman–Crippen LogP) is 4.38. The molecule has 1 aromatic heterocycles. The molecule has 2 aliphatic heterocycles. The van der Waals surface area contributed by atoms with Gasteiger partial charge in [-0.3, -0.25) is 23.6 Å². The molecule has 3 amide bonds. The normalized spacial score (nSPS) is 18.2. The van der Waals surface area contributed by atoms with Crippen LogP contribution in [0.3, 0.4) is 0 Å². The van der Waals surface area contributed by atoms with Crippen molar-refractivity contribution in [3.8, 4) is 5.75 Å². The van der Waals surface area contributed by atoms with Gasteiger partial charge in [-0.2, -0.15) is 0 Å². The van der Waals surface area contributed by atoms with E-state index in [2.05, 4.69) is 4.90 Å². The average Bonchev–Trinajstić information content (AvgIpc) is 3.23. The molecule has 1 atom stereocenters. The zero-order valence-corrected chi connectivity index (χ0v) is 26.8. The van der Waals surface area contributed by atoms with Gasteiger partial charge in [0.05, 0.1) is 30.4 Å². The van der Waals surface area contributed by atoms with E-state index in [0.29, 0.717) is 24.4 Å². The van der Waals surface area contributed by atoms with Crippen LogP contribution in [0.2, 0.25) is 0 Å². The number of likely N-dealkylation sites (tertiary alicyclic amines) is 1. The molecule has 0 aliphatic carbocycles. The van der Waals surface area contributed by atoms with E-state index in [4.69, 9.17) is 9.47 Å². The number of carbonyl (C=O) groups excluding carboxylic acids is 3. The summed E-state index contributed by atoms with van der Waals surface area (Å²) in [5, 5.41) is 0. The Bertz CT molecular complexity index is 1630. The smallest absolute Gasteiger partial charge is 0.410 e. The molecular weight excluding hydrogens is 562 g/mol. The summed E-state index contributed by atoms with van der Waals surface area (Å²) in [5.41, 5.74) is 3.37. The topological polar surface area (TPSA) is 106 Å². The van der Waals surface area contributed by atoms with E-state index in [9.17, 15) is 19.2 Å². The van der Waals surface area contributed by atoms with E-state index < -0.39 is 11.6 Å². The van der Waals surface area contributed by atoms with Crippen molar-refractivity contribution in [1.29, 1.82) is 0 Å². The van der Waals surface area contributed by atoms with Crippen molar-refractivity contribution >= 4 is 34.6 Å². The Kier molecular flexibility index (Phi) is 8.51.